The van der Waals surface area contributed by atoms with Crippen LogP contribution in [0.5, 0.6) is 0 Å². The van der Waals surface area contributed by atoms with Gasteiger partial charge in [0.2, 0.25) is 0 Å². The van der Waals surface area contributed by atoms with Crippen molar-refractivity contribution in [3.63, 3.8) is 0 Å². The van der Waals surface area contributed by atoms with Gasteiger partial charge in [0.05, 0.1) is 6.10 Å². The van der Waals surface area contributed by atoms with E-state index in [0.717, 1.165) is 5.57 Å². The quantitative estimate of drug-likeness (QED) is 0.822. The third-order valence-corrected chi connectivity index (χ3v) is 2.58. The fourth-order valence-corrected chi connectivity index (χ4v) is 1.72. The number of hydrogen-bond acceptors (Lipinski definition) is 1. The Hall–Kier alpha value is -0.670. The van der Waals surface area contributed by atoms with E-state index in [4.69, 9.17) is 0 Å². The minimum atomic E-state index is -0.697. The molecule has 1 atom stereocenters. The Balaban J connectivity index is 2.93. The molecule has 0 amide bonds. The van der Waals surface area contributed by atoms with Crippen molar-refractivity contribution in [3.8, 4) is 0 Å². The summed E-state index contributed by atoms with van der Waals surface area (Å²) in [7, 11) is 0. The summed E-state index contributed by atoms with van der Waals surface area (Å²) in [4.78, 5) is 0. The predicted molar refractivity (Wildman–Crippen MR) is 58.5 cm³/mol. The molecule has 0 spiro atoms. The van der Waals surface area contributed by atoms with Gasteiger partial charge in [0, 0.05) is 4.47 Å². The van der Waals surface area contributed by atoms with Crippen molar-refractivity contribution in [1.82, 2.24) is 0 Å². The Kier molecular flexibility index (Phi) is 3.84. The smallest absolute Gasteiger partial charge is 0.123 e. The summed E-state index contributed by atoms with van der Waals surface area (Å²) in [5.74, 6) is -0.344. The highest BCUT2D eigenvalue weighted by Gasteiger charge is 2.12. The van der Waals surface area contributed by atoms with Crippen molar-refractivity contribution in [2.45, 2.75) is 19.4 Å². The Morgan fingerprint density at radius 1 is 1.64 bits per heavy atom. The first-order valence-electron chi connectivity index (χ1n) is 4.28. The molecular weight excluding hydrogens is 247 g/mol. The van der Waals surface area contributed by atoms with Crippen LogP contribution in [0.2, 0.25) is 0 Å². The Morgan fingerprint density at radius 3 is 2.86 bits per heavy atom. The lowest BCUT2D eigenvalue weighted by Gasteiger charge is -2.12. The van der Waals surface area contributed by atoms with E-state index in [1.54, 1.807) is 6.07 Å². The predicted octanol–water partition coefficient (Wildman–Crippen LogP) is 3.59. The van der Waals surface area contributed by atoms with Crippen molar-refractivity contribution < 1.29 is 9.50 Å². The second-order valence-corrected chi connectivity index (χ2v) is 4.20. The third-order valence-electron chi connectivity index (χ3n) is 1.86. The van der Waals surface area contributed by atoms with Crippen LogP contribution in [0.15, 0.2) is 34.8 Å². The fourth-order valence-electron chi connectivity index (χ4n) is 1.21. The standard InChI is InChI=1S/C11H12BrFO/c1-7(2)5-11(14)9-6-8(13)3-4-10(9)12/h3-4,6,11,14H,1,5H2,2H3. The number of halogens is 2. The van der Waals surface area contributed by atoms with Gasteiger partial charge in [0.15, 0.2) is 0 Å². The minimum absolute atomic E-state index is 0.344. The topological polar surface area (TPSA) is 20.2 Å². The van der Waals surface area contributed by atoms with Crippen LogP contribution in [-0.4, -0.2) is 5.11 Å². The minimum Gasteiger partial charge on any atom is -0.388 e. The molecule has 0 aromatic heterocycles. The molecule has 1 rings (SSSR count). The number of aliphatic hydroxyl groups excluding tert-OH is 1. The maximum Gasteiger partial charge on any atom is 0.123 e. The van der Waals surface area contributed by atoms with Gasteiger partial charge in [0.1, 0.15) is 5.82 Å². The highest BCUT2D eigenvalue weighted by Crippen LogP contribution is 2.27. The molecule has 1 aromatic rings. The van der Waals surface area contributed by atoms with E-state index >= 15 is 0 Å². The van der Waals surface area contributed by atoms with Gasteiger partial charge >= 0.3 is 0 Å². The first kappa shape index (κ1) is 11.4. The molecule has 0 aliphatic carbocycles. The highest BCUT2D eigenvalue weighted by molar-refractivity contribution is 9.10. The van der Waals surface area contributed by atoms with E-state index < -0.39 is 6.10 Å². The highest BCUT2D eigenvalue weighted by atomic mass is 79.9. The van der Waals surface area contributed by atoms with E-state index in [9.17, 15) is 9.50 Å². The first-order chi connectivity index (χ1) is 6.50. The number of hydrogen-bond donors (Lipinski definition) is 1. The third kappa shape index (κ3) is 2.93. The normalized spacial score (nSPS) is 12.6. The van der Waals surface area contributed by atoms with Gasteiger partial charge in [-0.3, -0.25) is 0 Å². The lowest BCUT2D eigenvalue weighted by atomic mass is 10.0. The van der Waals surface area contributed by atoms with Crippen molar-refractivity contribution in [1.29, 1.82) is 0 Å². The lowest BCUT2D eigenvalue weighted by molar-refractivity contribution is 0.177. The Morgan fingerprint density at radius 2 is 2.29 bits per heavy atom. The Bertz CT molecular complexity index is 349. The molecule has 0 radical (unpaired) electrons. The molecule has 1 aromatic carbocycles. The molecule has 76 valence electrons. The van der Waals surface area contributed by atoms with Gasteiger partial charge in [-0.25, -0.2) is 4.39 Å². The molecule has 1 nitrogen and oxygen atoms in total. The summed E-state index contributed by atoms with van der Waals surface area (Å²) in [6.07, 6.45) is -0.250. The van der Waals surface area contributed by atoms with E-state index in [1.807, 2.05) is 6.92 Å². The van der Waals surface area contributed by atoms with Crippen LogP contribution in [-0.2, 0) is 0 Å². The molecule has 0 aliphatic rings. The molecule has 0 heterocycles. The molecule has 0 saturated heterocycles. The van der Waals surface area contributed by atoms with Gasteiger partial charge in [-0.2, -0.15) is 0 Å². The van der Waals surface area contributed by atoms with E-state index in [1.165, 1.54) is 12.1 Å². The Labute approximate surface area is 91.4 Å². The summed E-state index contributed by atoms with van der Waals surface area (Å²) in [6, 6.07) is 4.27. The summed E-state index contributed by atoms with van der Waals surface area (Å²) in [5, 5.41) is 9.74. The average molecular weight is 259 g/mol. The van der Waals surface area contributed by atoms with Crippen molar-refractivity contribution in [3.05, 3.63) is 46.2 Å². The van der Waals surface area contributed by atoms with Crippen LogP contribution in [0.1, 0.15) is 25.0 Å². The van der Waals surface area contributed by atoms with E-state index in [-0.39, 0.29) is 5.82 Å². The van der Waals surface area contributed by atoms with Crippen molar-refractivity contribution in [2.75, 3.05) is 0 Å². The van der Waals surface area contributed by atoms with Gasteiger partial charge in [-0.15, -0.1) is 6.58 Å². The molecule has 0 saturated carbocycles. The van der Waals surface area contributed by atoms with Crippen molar-refractivity contribution >= 4 is 15.9 Å². The number of benzene rings is 1. The van der Waals surface area contributed by atoms with E-state index in [2.05, 4.69) is 22.5 Å². The summed E-state index contributed by atoms with van der Waals surface area (Å²) < 4.78 is 13.6. The van der Waals surface area contributed by atoms with Crippen LogP contribution in [0.25, 0.3) is 0 Å². The zero-order valence-corrected chi connectivity index (χ0v) is 9.51. The monoisotopic (exact) mass is 258 g/mol. The van der Waals surface area contributed by atoms with Gasteiger partial charge < -0.3 is 5.11 Å². The van der Waals surface area contributed by atoms with Crippen LogP contribution in [0.4, 0.5) is 4.39 Å². The van der Waals surface area contributed by atoms with Crippen LogP contribution < -0.4 is 0 Å². The molecule has 14 heavy (non-hydrogen) atoms. The molecule has 1 unspecified atom stereocenters. The second kappa shape index (κ2) is 4.71. The molecule has 1 N–H and O–H groups in total. The SMILES string of the molecule is C=C(C)CC(O)c1cc(F)ccc1Br. The number of rotatable bonds is 3. The number of aliphatic hydroxyl groups is 1. The summed E-state index contributed by atoms with van der Waals surface area (Å²) in [5.41, 5.74) is 1.43. The largest absolute Gasteiger partial charge is 0.388 e. The van der Waals surface area contributed by atoms with Gasteiger partial charge in [-0.1, -0.05) is 21.5 Å². The van der Waals surface area contributed by atoms with Gasteiger partial charge in [0.25, 0.3) is 0 Å². The van der Waals surface area contributed by atoms with Gasteiger partial charge in [-0.05, 0) is 37.1 Å². The average Bonchev–Trinajstić information content (AvgIpc) is 2.08. The lowest BCUT2D eigenvalue weighted by Crippen LogP contribution is -1.99. The summed E-state index contributed by atoms with van der Waals surface area (Å²) in [6.45, 7) is 5.53. The van der Waals surface area contributed by atoms with Crippen LogP contribution in [0, 0.1) is 5.82 Å². The molecule has 0 aliphatic heterocycles. The van der Waals surface area contributed by atoms with Crippen LogP contribution >= 0.6 is 15.9 Å². The molecule has 0 fully saturated rings. The summed E-state index contributed by atoms with van der Waals surface area (Å²) >= 11 is 3.26. The van der Waals surface area contributed by atoms with E-state index in [0.29, 0.717) is 16.5 Å². The maximum absolute atomic E-state index is 12.9. The molecule has 0 bridgehead atoms. The second-order valence-electron chi connectivity index (χ2n) is 3.34. The van der Waals surface area contributed by atoms with Crippen molar-refractivity contribution in [2.24, 2.45) is 0 Å². The van der Waals surface area contributed by atoms with Crippen LogP contribution in [0.3, 0.4) is 0 Å². The molecule has 3 heteroatoms. The maximum atomic E-state index is 12.9. The fraction of sp³-hybridized carbons (Fsp3) is 0.273. The zero-order chi connectivity index (χ0) is 10.7. The molecular formula is C11H12BrFO. The first-order valence-corrected chi connectivity index (χ1v) is 5.07. The zero-order valence-electron chi connectivity index (χ0n) is 7.93.